The Balaban J connectivity index is 1.44. The normalized spacial score (nSPS) is 10.5. The van der Waals surface area contributed by atoms with Gasteiger partial charge in [-0.25, -0.2) is 9.67 Å². The lowest BCUT2D eigenvalue weighted by Gasteiger charge is -2.06. The first-order valence-corrected chi connectivity index (χ1v) is 9.72. The van der Waals surface area contributed by atoms with Gasteiger partial charge in [0.25, 0.3) is 11.8 Å². The zero-order valence-corrected chi connectivity index (χ0v) is 16.3. The molecule has 2 amide bonds. The molecule has 2 aromatic carbocycles. The Labute approximate surface area is 171 Å². The second-order valence-electron chi connectivity index (χ2n) is 6.24. The van der Waals surface area contributed by atoms with Gasteiger partial charge in [-0.05, 0) is 49.4 Å². The minimum absolute atomic E-state index is 0.255. The molecule has 0 saturated carbocycles. The zero-order valence-electron chi connectivity index (χ0n) is 15.5. The molecule has 0 spiro atoms. The summed E-state index contributed by atoms with van der Waals surface area (Å²) in [5.74, 6) is -0.571. The van der Waals surface area contributed by atoms with E-state index >= 15 is 0 Å². The monoisotopic (exact) mass is 403 g/mol. The van der Waals surface area contributed by atoms with Gasteiger partial charge in [-0.2, -0.15) is 5.10 Å². The van der Waals surface area contributed by atoms with E-state index in [2.05, 4.69) is 20.7 Å². The van der Waals surface area contributed by atoms with E-state index in [0.29, 0.717) is 22.1 Å². The number of para-hydroxylation sites is 1. The molecule has 2 N–H and O–H groups in total. The highest BCUT2D eigenvalue weighted by atomic mass is 32.1. The van der Waals surface area contributed by atoms with Gasteiger partial charge in [0.2, 0.25) is 0 Å². The molecule has 29 heavy (non-hydrogen) atoms. The molecular weight excluding hydrogens is 386 g/mol. The Morgan fingerprint density at radius 1 is 0.966 bits per heavy atom. The van der Waals surface area contributed by atoms with Crippen LogP contribution in [0.1, 0.15) is 26.5 Å². The van der Waals surface area contributed by atoms with Gasteiger partial charge < -0.3 is 5.32 Å². The molecule has 0 atom stereocenters. The van der Waals surface area contributed by atoms with E-state index in [1.807, 2.05) is 37.3 Å². The maximum absolute atomic E-state index is 12.6. The Morgan fingerprint density at radius 3 is 2.41 bits per heavy atom. The van der Waals surface area contributed by atoms with Crippen LogP contribution in [0.4, 0.5) is 10.8 Å². The van der Waals surface area contributed by atoms with Crippen molar-refractivity contribution in [1.82, 2.24) is 14.8 Å². The quantitative estimate of drug-likeness (QED) is 0.524. The molecule has 4 rings (SSSR count). The fourth-order valence-corrected chi connectivity index (χ4v) is 3.29. The van der Waals surface area contributed by atoms with Gasteiger partial charge in [-0.15, -0.1) is 11.3 Å². The largest absolute Gasteiger partial charge is 0.321 e. The number of thiazole rings is 1. The van der Waals surface area contributed by atoms with E-state index < -0.39 is 0 Å². The molecule has 2 heterocycles. The maximum atomic E-state index is 12.6. The second kappa shape index (κ2) is 8.07. The van der Waals surface area contributed by atoms with Gasteiger partial charge in [-0.3, -0.25) is 14.9 Å². The summed E-state index contributed by atoms with van der Waals surface area (Å²) < 4.78 is 1.72. The molecule has 0 unspecified atom stereocenters. The van der Waals surface area contributed by atoms with E-state index in [1.165, 1.54) is 11.3 Å². The van der Waals surface area contributed by atoms with Crippen molar-refractivity contribution in [1.29, 1.82) is 0 Å². The fourth-order valence-electron chi connectivity index (χ4n) is 2.77. The van der Waals surface area contributed by atoms with Crippen molar-refractivity contribution in [2.24, 2.45) is 0 Å². The summed E-state index contributed by atoms with van der Waals surface area (Å²) in [6.07, 6.45) is 1.62. The number of nitrogens with zero attached hydrogens (tertiary/aromatic N) is 3. The van der Waals surface area contributed by atoms with Crippen LogP contribution in [0.15, 0.2) is 72.2 Å². The average molecular weight is 403 g/mol. The fraction of sp³-hybridized carbons (Fsp3) is 0.0476. The van der Waals surface area contributed by atoms with Crippen LogP contribution in [0.3, 0.4) is 0 Å². The third-order valence-corrected chi connectivity index (χ3v) is 4.87. The highest BCUT2D eigenvalue weighted by molar-refractivity contribution is 7.13. The summed E-state index contributed by atoms with van der Waals surface area (Å²) in [6, 6.07) is 18.0. The summed E-state index contributed by atoms with van der Waals surface area (Å²) in [7, 11) is 0. The number of carbonyl (C=O) groups excluding carboxylic acids is 2. The molecule has 2 aromatic heterocycles. The second-order valence-corrected chi connectivity index (χ2v) is 7.14. The topological polar surface area (TPSA) is 88.9 Å². The zero-order chi connectivity index (χ0) is 20.2. The van der Waals surface area contributed by atoms with E-state index in [-0.39, 0.29) is 11.8 Å². The van der Waals surface area contributed by atoms with Crippen LogP contribution >= 0.6 is 11.3 Å². The SMILES string of the molecule is Cc1cc(C(=O)Nc2ccc(C(=O)Nc3nccs3)cc2)nn1-c1ccccc1. The molecule has 0 bridgehead atoms. The lowest BCUT2D eigenvalue weighted by Crippen LogP contribution is -2.14. The molecule has 0 saturated heterocycles. The lowest BCUT2D eigenvalue weighted by molar-refractivity contribution is 0.101. The van der Waals surface area contributed by atoms with Gasteiger partial charge in [0.15, 0.2) is 10.8 Å². The molecule has 8 heteroatoms. The number of amides is 2. The van der Waals surface area contributed by atoms with Gasteiger partial charge in [-0.1, -0.05) is 18.2 Å². The highest BCUT2D eigenvalue weighted by Crippen LogP contribution is 2.16. The molecule has 0 aliphatic rings. The number of benzene rings is 2. The summed E-state index contributed by atoms with van der Waals surface area (Å²) in [5, 5.41) is 12.2. The minimum Gasteiger partial charge on any atom is -0.321 e. The van der Waals surface area contributed by atoms with Crippen molar-refractivity contribution >= 4 is 34.0 Å². The van der Waals surface area contributed by atoms with Crippen molar-refractivity contribution in [3.8, 4) is 5.69 Å². The number of rotatable bonds is 5. The summed E-state index contributed by atoms with van der Waals surface area (Å²) in [6.45, 7) is 1.90. The molecule has 144 valence electrons. The van der Waals surface area contributed by atoms with Crippen LogP contribution in [-0.2, 0) is 0 Å². The highest BCUT2D eigenvalue weighted by Gasteiger charge is 2.14. The van der Waals surface area contributed by atoms with Crippen LogP contribution in [0.5, 0.6) is 0 Å². The molecule has 0 aliphatic heterocycles. The van der Waals surface area contributed by atoms with Crippen LogP contribution in [0.25, 0.3) is 5.69 Å². The maximum Gasteiger partial charge on any atom is 0.276 e. The molecule has 0 aliphatic carbocycles. The van der Waals surface area contributed by atoms with Gasteiger partial charge >= 0.3 is 0 Å². The van der Waals surface area contributed by atoms with Crippen LogP contribution in [0.2, 0.25) is 0 Å². The molecular formula is C21H17N5O2S. The van der Waals surface area contributed by atoms with Crippen molar-refractivity contribution < 1.29 is 9.59 Å². The van der Waals surface area contributed by atoms with Gasteiger partial charge in [0, 0.05) is 28.5 Å². The van der Waals surface area contributed by atoms with Crippen molar-refractivity contribution in [2.45, 2.75) is 6.92 Å². The average Bonchev–Trinajstić information content (AvgIpc) is 3.39. The van der Waals surface area contributed by atoms with Gasteiger partial charge in [0.05, 0.1) is 5.69 Å². The number of nitrogens with one attached hydrogen (secondary N) is 2. The van der Waals surface area contributed by atoms with E-state index in [0.717, 1.165) is 11.4 Å². The minimum atomic E-state index is -0.317. The summed E-state index contributed by atoms with van der Waals surface area (Å²) in [5.41, 5.74) is 3.11. The number of hydrogen-bond acceptors (Lipinski definition) is 5. The van der Waals surface area contributed by atoms with Crippen molar-refractivity contribution in [3.05, 3.63) is 89.2 Å². The molecule has 0 fully saturated rings. The van der Waals surface area contributed by atoms with Crippen molar-refractivity contribution in [2.75, 3.05) is 10.6 Å². The molecule has 0 radical (unpaired) electrons. The third kappa shape index (κ3) is 4.22. The number of hydrogen-bond donors (Lipinski definition) is 2. The van der Waals surface area contributed by atoms with Crippen LogP contribution in [0, 0.1) is 6.92 Å². The number of aryl methyl sites for hydroxylation is 1. The first-order chi connectivity index (χ1) is 14.1. The van der Waals surface area contributed by atoms with Gasteiger partial charge in [0.1, 0.15) is 0 Å². The molecule has 4 aromatic rings. The van der Waals surface area contributed by atoms with Crippen molar-refractivity contribution in [3.63, 3.8) is 0 Å². The van der Waals surface area contributed by atoms with E-state index in [4.69, 9.17) is 0 Å². The van der Waals surface area contributed by atoms with E-state index in [9.17, 15) is 9.59 Å². The first kappa shape index (κ1) is 18.6. The van der Waals surface area contributed by atoms with Crippen LogP contribution in [-0.4, -0.2) is 26.6 Å². The smallest absolute Gasteiger partial charge is 0.276 e. The Bertz CT molecular complexity index is 1140. The standard InChI is InChI=1S/C21H17N5O2S/c1-14-13-18(25-26(14)17-5-3-2-4-6-17)20(28)23-16-9-7-15(8-10-16)19(27)24-21-22-11-12-29-21/h2-13H,1H3,(H,23,28)(H,22,24,27). The summed E-state index contributed by atoms with van der Waals surface area (Å²) in [4.78, 5) is 28.8. The van der Waals surface area contributed by atoms with Crippen LogP contribution < -0.4 is 10.6 Å². The number of carbonyl (C=O) groups is 2. The molecule has 7 nitrogen and oxygen atoms in total. The van der Waals surface area contributed by atoms with E-state index in [1.54, 1.807) is 46.6 Å². The predicted molar refractivity (Wildman–Crippen MR) is 113 cm³/mol. The third-order valence-electron chi connectivity index (χ3n) is 4.18. The Kier molecular flexibility index (Phi) is 5.17. The number of aromatic nitrogens is 3. The predicted octanol–water partition coefficient (Wildman–Crippen LogP) is 4.14. The Hall–Kier alpha value is -3.78. The summed E-state index contributed by atoms with van der Waals surface area (Å²) >= 11 is 1.35. The lowest BCUT2D eigenvalue weighted by atomic mass is 10.2. The Morgan fingerprint density at radius 2 is 1.72 bits per heavy atom. The number of anilines is 2. The first-order valence-electron chi connectivity index (χ1n) is 8.84.